The molecule has 0 saturated heterocycles. The maximum Gasteiger partial charge on any atom is 0.191 e. The van der Waals surface area contributed by atoms with Crippen LogP contribution in [0.3, 0.4) is 0 Å². The molecule has 0 spiro atoms. The lowest BCUT2D eigenvalue weighted by atomic mass is 10.00. The van der Waals surface area contributed by atoms with Gasteiger partial charge in [0.2, 0.25) is 0 Å². The first-order valence-corrected chi connectivity index (χ1v) is 9.75. The molecule has 2 aromatic rings. The summed E-state index contributed by atoms with van der Waals surface area (Å²) in [7, 11) is 0. The Balaban J connectivity index is 0.00000338. The van der Waals surface area contributed by atoms with Crippen LogP contribution in [0.15, 0.2) is 15.7 Å². The van der Waals surface area contributed by atoms with Gasteiger partial charge < -0.3 is 15.2 Å². The Hall–Kier alpha value is -1.16. The topological polar surface area (TPSA) is 75.3 Å². The molecule has 0 bridgehead atoms. The molecule has 0 amide bonds. The highest BCUT2D eigenvalue weighted by Crippen LogP contribution is 2.23. The quantitative estimate of drug-likeness (QED) is 0.334. The fourth-order valence-electron chi connectivity index (χ4n) is 2.77. The number of hydrogen-bond acceptors (Lipinski definition) is 5. The molecular weight excluding hydrogens is 461 g/mol. The lowest BCUT2D eigenvalue weighted by molar-refractivity contribution is 0.391. The first kappa shape index (κ1) is 22.9. The third-order valence-corrected chi connectivity index (χ3v) is 5.23. The van der Waals surface area contributed by atoms with E-state index in [1.807, 2.05) is 20.0 Å². The largest absolute Gasteiger partial charge is 0.361 e. The van der Waals surface area contributed by atoms with Crippen LogP contribution in [0, 0.1) is 13.8 Å². The lowest BCUT2D eigenvalue weighted by Crippen LogP contribution is -2.38. The Morgan fingerprint density at radius 3 is 2.65 bits per heavy atom. The zero-order valence-electron chi connectivity index (χ0n) is 16.3. The highest BCUT2D eigenvalue weighted by Gasteiger charge is 2.16. The molecule has 26 heavy (non-hydrogen) atoms. The molecule has 2 N–H and O–H groups in total. The van der Waals surface area contributed by atoms with E-state index in [1.165, 1.54) is 9.88 Å². The van der Waals surface area contributed by atoms with Crippen molar-refractivity contribution in [3.8, 4) is 0 Å². The van der Waals surface area contributed by atoms with Crippen molar-refractivity contribution in [3.05, 3.63) is 33.1 Å². The Kier molecular flexibility index (Phi) is 10.1. The standard InChI is InChI=1S/C18H29N5OS.HI/c1-6-15-11-21-16(25-15)8-9-20-18(19-7-2)22-10-12(3)17-13(4)23-24-14(17)5;/h11-12H,6-10H2,1-5H3,(H2,19,20,22);1H. The number of nitrogens with one attached hydrogen (secondary N) is 2. The second kappa shape index (κ2) is 11.5. The summed E-state index contributed by atoms with van der Waals surface area (Å²) < 4.78 is 5.26. The molecule has 8 heteroatoms. The number of guanidine groups is 1. The Morgan fingerprint density at radius 1 is 1.31 bits per heavy atom. The van der Waals surface area contributed by atoms with Gasteiger partial charge in [0.15, 0.2) is 5.96 Å². The third kappa shape index (κ3) is 6.53. The SMILES string of the molecule is CCNC(=NCC(C)c1c(C)noc1C)NCCc1ncc(CC)s1.I. The zero-order valence-corrected chi connectivity index (χ0v) is 19.4. The fraction of sp³-hybridized carbons (Fsp3) is 0.611. The Bertz CT molecular complexity index is 678. The van der Waals surface area contributed by atoms with E-state index in [0.29, 0.717) is 6.54 Å². The molecule has 6 nitrogen and oxygen atoms in total. The summed E-state index contributed by atoms with van der Waals surface area (Å²) in [5.74, 6) is 2.00. The average molecular weight is 491 g/mol. The minimum Gasteiger partial charge on any atom is -0.361 e. The zero-order chi connectivity index (χ0) is 18.2. The molecule has 0 aliphatic heterocycles. The van der Waals surface area contributed by atoms with Gasteiger partial charge in [0.05, 0.1) is 10.7 Å². The van der Waals surface area contributed by atoms with Crippen LogP contribution in [0.4, 0.5) is 0 Å². The smallest absolute Gasteiger partial charge is 0.191 e. The first-order chi connectivity index (χ1) is 12.0. The van der Waals surface area contributed by atoms with Crippen LogP contribution in [-0.4, -0.2) is 35.7 Å². The van der Waals surface area contributed by atoms with Crippen LogP contribution in [0.1, 0.15) is 53.6 Å². The van der Waals surface area contributed by atoms with Gasteiger partial charge in [0, 0.05) is 48.6 Å². The Morgan fingerprint density at radius 2 is 2.08 bits per heavy atom. The van der Waals surface area contributed by atoms with Crippen molar-refractivity contribution < 1.29 is 4.52 Å². The summed E-state index contributed by atoms with van der Waals surface area (Å²) in [4.78, 5) is 10.5. The molecule has 0 aliphatic rings. The van der Waals surface area contributed by atoms with Gasteiger partial charge >= 0.3 is 0 Å². The van der Waals surface area contributed by atoms with E-state index in [1.54, 1.807) is 11.3 Å². The normalized spacial score (nSPS) is 12.6. The minimum absolute atomic E-state index is 0. The molecule has 2 aromatic heterocycles. The fourth-order valence-corrected chi connectivity index (χ4v) is 3.63. The van der Waals surface area contributed by atoms with Crippen LogP contribution in [0.2, 0.25) is 0 Å². The number of aliphatic imine (C=N–C) groups is 1. The van der Waals surface area contributed by atoms with Crippen LogP contribution in [0.25, 0.3) is 0 Å². The van der Waals surface area contributed by atoms with E-state index >= 15 is 0 Å². The summed E-state index contributed by atoms with van der Waals surface area (Å²) in [5.41, 5.74) is 2.11. The first-order valence-electron chi connectivity index (χ1n) is 8.93. The second-order valence-electron chi connectivity index (χ2n) is 6.11. The average Bonchev–Trinajstić information content (AvgIpc) is 3.18. The second-order valence-corrected chi connectivity index (χ2v) is 7.31. The summed E-state index contributed by atoms with van der Waals surface area (Å²) in [6.45, 7) is 12.7. The van der Waals surface area contributed by atoms with Gasteiger partial charge in [0.1, 0.15) is 5.76 Å². The minimum atomic E-state index is 0. The predicted molar refractivity (Wildman–Crippen MR) is 119 cm³/mol. The van der Waals surface area contributed by atoms with Crippen molar-refractivity contribution in [3.63, 3.8) is 0 Å². The van der Waals surface area contributed by atoms with E-state index < -0.39 is 0 Å². The van der Waals surface area contributed by atoms with E-state index in [9.17, 15) is 0 Å². The highest BCUT2D eigenvalue weighted by atomic mass is 127. The summed E-state index contributed by atoms with van der Waals surface area (Å²) >= 11 is 1.79. The number of halogens is 1. The third-order valence-electron chi connectivity index (χ3n) is 4.03. The molecule has 2 heterocycles. The highest BCUT2D eigenvalue weighted by molar-refractivity contribution is 14.0. The summed E-state index contributed by atoms with van der Waals surface area (Å²) in [6.07, 6.45) is 3.94. The number of thiazole rings is 1. The molecule has 0 aliphatic carbocycles. The van der Waals surface area contributed by atoms with Crippen molar-refractivity contribution in [1.82, 2.24) is 20.8 Å². The summed E-state index contributed by atoms with van der Waals surface area (Å²) in [5, 5.41) is 11.9. The predicted octanol–water partition coefficient (Wildman–Crippen LogP) is 3.83. The maximum atomic E-state index is 5.26. The summed E-state index contributed by atoms with van der Waals surface area (Å²) in [6, 6.07) is 0. The van der Waals surface area contributed by atoms with E-state index in [4.69, 9.17) is 9.52 Å². The number of aromatic nitrogens is 2. The van der Waals surface area contributed by atoms with Crippen LogP contribution < -0.4 is 10.6 Å². The molecular formula is C18H30IN5OS. The van der Waals surface area contributed by atoms with Crippen molar-refractivity contribution in [2.75, 3.05) is 19.6 Å². The molecule has 1 atom stereocenters. The maximum absolute atomic E-state index is 5.26. The van der Waals surface area contributed by atoms with E-state index in [0.717, 1.165) is 48.9 Å². The molecule has 0 aromatic carbocycles. The van der Waals surface area contributed by atoms with Crippen molar-refractivity contribution >= 4 is 41.3 Å². The van der Waals surface area contributed by atoms with Crippen molar-refractivity contribution in [1.29, 1.82) is 0 Å². The van der Waals surface area contributed by atoms with Crippen molar-refractivity contribution in [2.24, 2.45) is 4.99 Å². The van der Waals surface area contributed by atoms with Gasteiger partial charge in [-0.3, -0.25) is 4.99 Å². The Labute approximate surface area is 177 Å². The molecule has 0 radical (unpaired) electrons. The van der Waals surface area contributed by atoms with Crippen LogP contribution >= 0.6 is 35.3 Å². The van der Waals surface area contributed by atoms with Gasteiger partial charge in [0.25, 0.3) is 0 Å². The molecule has 0 fully saturated rings. The van der Waals surface area contributed by atoms with Gasteiger partial charge in [-0.1, -0.05) is 19.0 Å². The van der Waals surface area contributed by atoms with Gasteiger partial charge in [-0.15, -0.1) is 35.3 Å². The van der Waals surface area contributed by atoms with Crippen LogP contribution in [-0.2, 0) is 12.8 Å². The number of rotatable bonds is 8. The van der Waals surface area contributed by atoms with E-state index in [-0.39, 0.29) is 29.9 Å². The lowest BCUT2D eigenvalue weighted by Gasteiger charge is -2.13. The van der Waals surface area contributed by atoms with E-state index in [2.05, 4.69) is 41.5 Å². The molecule has 2 rings (SSSR count). The molecule has 146 valence electrons. The van der Waals surface area contributed by atoms with Crippen molar-refractivity contribution in [2.45, 2.75) is 53.4 Å². The number of nitrogens with zero attached hydrogens (tertiary/aromatic N) is 3. The number of aryl methyl sites for hydroxylation is 3. The molecule has 0 saturated carbocycles. The van der Waals surface area contributed by atoms with Crippen LogP contribution in [0.5, 0.6) is 0 Å². The van der Waals surface area contributed by atoms with Gasteiger partial charge in [-0.25, -0.2) is 4.98 Å². The van der Waals surface area contributed by atoms with Gasteiger partial charge in [-0.2, -0.15) is 0 Å². The van der Waals surface area contributed by atoms with Gasteiger partial charge in [-0.05, 0) is 27.2 Å². The molecule has 1 unspecified atom stereocenters. The number of hydrogen-bond donors (Lipinski definition) is 2. The monoisotopic (exact) mass is 491 g/mol.